The van der Waals surface area contributed by atoms with E-state index in [-0.39, 0.29) is 5.91 Å². The van der Waals surface area contributed by atoms with Crippen LogP contribution < -0.4 is 10.2 Å². The Morgan fingerprint density at radius 1 is 1.12 bits per heavy atom. The van der Waals surface area contributed by atoms with Crippen molar-refractivity contribution in [2.75, 3.05) is 6.61 Å². The molecule has 0 bridgehead atoms. The Labute approximate surface area is 164 Å². The van der Waals surface area contributed by atoms with Gasteiger partial charge in [0.2, 0.25) is 0 Å². The third-order valence-corrected chi connectivity index (χ3v) is 4.57. The normalized spacial score (nSPS) is 10.9. The van der Waals surface area contributed by atoms with Gasteiger partial charge in [0.15, 0.2) is 0 Å². The van der Waals surface area contributed by atoms with Gasteiger partial charge in [-0.1, -0.05) is 61.5 Å². The van der Waals surface area contributed by atoms with Gasteiger partial charge in [0.1, 0.15) is 5.75 Å². The van der Waals surface area contributed by atoms with Crippen molar-refractivity contribution in [1.82, 2.24) is 5.43 Å². The highest BCUT2D eigenvalue weighted by molar-refractivity contribution is 6.43. The van der Waals surface area contributed by atoms with Crippen LogP contribution in [0.5, 0.6) is 5.75 Å². The zero-order chi connectivity index (χ0) is 18.8. The number of rotatable bonds is 9. The summed E-state index contributed by atoms with van der Waals surface area (Å²) < 4.78 is 5.66. The van der Waals surface area contributed by atoms with E-state index in [9.17, 15) is 4.79 Å². The van der Waals surface area contributed by atoms with Crippen molar-refractivity contribution in [2.45, 2.75) is 32.6 Å². The SMILES string of the molecule is CCCCCCOc1ccc(C(=O)N/N=C/c2cccc(Cl)c2Cl)cc1. The van der Waals surface area contributed by atoms with Crippen LogP contribution in [0.25, 0.3) is 0 Å². The van der Waals surface area contributed by atoms with Gasteiger partial charge in [-0.2, -0.15) is 5.10 Å². The molecule has 0 saturated carbocycles. The molecule has 0 unspecified atom stereocenters. The summed E-state index contributed by atoms with van der Waals surface area (Å²) in [6, 6.07) is 12.2. The van der Waals surface area contributed by atoms with Crippen LogP contribution in [-0.4, -0.2) is 18.7 Å². The van der Waals surface area contributed by atoms with Crippen LogP contribution in [0.4, 0.5) is 0 Å². The molecule has 0 atom stereocenters. The molecule has 0 spiro atoms. The van der Waals surface area contributed by atoms with Crippen LogP contribution in [-0.2, 0) is 0 Å². The lowest BCUT2D eigenvalue weighted by atomic mass is 10.2. The molecule has 4 nitrogen and oxygen atoms in total. The standard InChI is InChI=1S/C20H22Cl2N2O2/c1-2-3-4-5-13-26-17-11-9-15(10-12-17)20(25)24-23-14-16-7-6-8-18(21)19(16)22/h6-12,14H,2-5,13H2,1H3,(H,24,25)/b23-14+. The molecule has 0 aliphatic carbocycles. The van der Waals surface area contributed by atoms with Gasteiger partial charge in [-0.3, -0.25) is 4.79 Å². The van der Waals surface area contributed by atoms with Crippen molar-refractivity contribution < 1.29 is 9.53 Å². The zero-order valence-electron chi connectivity index (χ0n) is 14.7. The van der Waals surface area contributed by atoms with Crippen LogP contribution in [0.2, 0.25) is 10.0 Å². The predicted octanol–water partition coefficient (Wildman–Crippen LogP) is 5.72. The Hall–Kier alpha value is -2.04. The van der Waals surface area contributed by atoms with E-state index >= 15 is 0 Å². The van der Waals surface area contributed by atoms with Crippen LogP contribution in [0, 0.1) is 0 Å². The molecule has 0 aromatic heterocycles. The lowest BCUT2D eigenvalue weighted by Crippen LogP contribution is -2.17. The third-order valence-electron chi connectivity index (χ3n) is 3.73. The van der Waals surface area contributed by atoms with Crippen molar-refractivity contribution in [2.24, 2.45) is 5.10 Å². The predicted molar refractivity (Wildman–Crippen MR) is 108 cm³/mol. The molecule has 0 fully saturated rings. The van der Waals surface area contributed by atoms with Gasteiger partial charge < -0.3 is 4.74 Å². The number of benzene rings is 2. The van der Waals surface area contributed by atoms with E-state index in [0.717, 1.165) is 12.2 Å². The number of ether oxygens (including phenoxy) is 1. The lowest BCUT2D eigenvalue weighted by molar-refractivity contribution is 0.0955. The Morgan fingerprint density at radius 2 is 1.88 bits per heavy atom. The molecule has 6 heteroatoms. The number of nitrogens with one attached hydrogen (secondary N) is 1. The van der Waals surface area contributed by atoms with E-state index in [1.165, 1.54) is 25.5 Å². The smallest absolute Gasteiger partial charge is 0.271 e. The number of carbonyl (C=O) groups is 1. The van der Waals surface area contributed by atoms with Gasteiger partial charge in [0.25, 0.3) is 5.91 Å². The number of carbonyl (C=O) groups excluding carboxylic acids is 1. The fourth-order valence-corrected chi connectivity index (χ4v) is 2.62. The average Bonchev–Trinajstić information content (AvgIpc) is 2.65. The summed E-state index contributed by atoms with van der Waals surface area (Å²) >= 11 is 12.0. The number of halogens is 2. The Bertz CT molecular complexity index is 746. The number of hydrogen-bond donors (Lipinski definition) is 1. The van der Waals surface area contributed by atoms with Crippen LogP contribution >= 0.6 is 23.2 Å². The number of unbranched alkanes of at least 4 members (excludes halogenated alkanes) is 3. The first kappa shape index (κ1) is 20.3. The van der Waals surface area contributed by atoms with Gasteiger partial charge in [-0.15, -0.1) is 0 Å². The largest absolute Gasteiger partial charge is 0.494 e. The molecule has 0 saturated heterocycles. The van der Waals surface area contributed by atoms with Crippen LogP contribution in [0.15, 0.2) is 47.6 Å². The number of nitrogens with zero attached hydrogens (tertiary/aromatic N) is 1. The van der Waals surface area contributed by atoms with E-state index in [1.807, 2.05) is 0 Å². The summed E-state index contributed by atoms with van der Waals surface area (Å²) in [6.07, 6.45) is 6.10. The van der Waals surface area contributed by atoms with E-state index in [0.29, 0.717) is 27.8 Å². The third kappa shape index (κ3) is 6.36. The molecule has 26 heavy (non-hydrogen) atoms. The lowest BCUT2D eigenvalue weighted by Gasteiger charge is -2.06. The maximum Gasteiger partial charge on any atom is 0.271 e. The van der Waals surface area contributed by atoms with Gasteiger partial charge >= 0.3 is 0 Å². The molecule has 138 valence electrons. The van der Waals surface area contributed by atoms with Gasteiger partial charge in [-0.05, 0) is 36.8 Å². The first-order chi connectivity index (χ1) is 12.6. The first-order valence-corrected chi connectivity index (χ1v) is 9.37. The molecular weight excluding hydrogens is 371 g/mol. The fourth-order valence-electron chi connectivity index (χ4n) is 2.27. The maximum absolute atomic E-state index is 12.1. The van der Waals surface area contributed by atoms with Gasteiger partial charge in [0.05, 0.1) is 22.9 Å². The maximum atomic E-state index is 12.1. The Morgan fingerprint density at radius 3 is 2.62 bits per heavy atom. The highest BCUT2D eigenvalue weighted by Crippen LogP contribution is 2.24. The molecule has 0 aliphatic rings. The minimum absolute atomic E-state index is 0.311. The van der Waals surface area contributed by atoms with Crippen molar-refractivity contribution in [3.05, 3.63) is 63.6 Å². The summed E-state index contributed by atoms with van der Waals surface area (Å²) in [4.78, 5) is 12.1. The molecule has 0 aliphatic heterocycles. The van der Waals surface area contributed by atoms with Crippen molar-refractivity contribution in [3.8, 4) is 5.75 Å². The van der Waals surface area contributed by atoms with Crippen LogP contribution in [0.1, 0.15) is 48.5 Å². The second-order valence-corrected chi connectivity index (χ2v) is 6.56. The Kier molecular flexibility index (Phi) is 8.45. The summed E-state index contributed by atoms with van der Waals surface area (Å²) in [7, 11) is 0. The molecule has 2 rings (SSSR count). The highest BCUT2D eigenvalue weighted by Gasteiger charge is 2.05. The summed E-state index contributed by atoms with van der Waals surface area (Å²) in [5.74, 6) is 0.446. The van der Waals surface area contributed by atoms with E-state index in [4.69, 9.17) is 27.9 Å². The van der Waals surface area contributed by atoms with E-state index in [1.54, 1.807) is 42.5 Å². The highest BCUT2D eigenvalue weighted by atomic mass is 35.5. The van der Waals surface area contributed by atoms with Crippen molar-refractivity contribution in [3.63, 3.8) is 0 Å². The summed E-state index contributed by atoms with van der Waals surface area (Å²) in [5.41, 5.74) is 3.60. The average molecular weight is 393 g/mol. The number of amides is 1. The molecule has 0 radical (unpaired) electrons. The van der Waals surface area contributed by atoms with E-state index < -0.39 is 0 Å². The number of hydrogen-bond acceptors (Lipinski definition) is 3. The zero-order valence-corrected chi connectivity index (χ0v) is 16.2. The monoisotopic (exact) mass is 392 g/mol. The molecule has 0 heterocycles. The minimum atomic E-state index is -0.311. The van der Waals surface area contributed by atoms with Gasteiger partial charge in [-0.25, -0.2) is 5.43 Å². The molecule has 2 aromatic rings. The Balaban J connectivity index is 1.84. The summed E-state index contributed by atoms with van der Waals surface area (Å²) in [5, 5.41) is 4.75. The molecule has 1 N–H and O–H groups in total. The second kappa shape index (κ2) is 10.8. The fraction of sp³-hybridized carbons (Fsp3) is 0.300. The summed E-state index contributed by atoms with van der Waals surface area (Å²) in [6.45, 7) is 2.87. The first-order valence-electron chi connectivity index (χ1n) is 8.62. The van der Waals surface area contributed by atoms with Crippen molar-refractivity contribution in [1.29, 1.82) is 0 Å². The van der Waals surface area contributed by atoms with E-state index in [2.05, 4.69) is 17.5 Å². The molecular formula is C20H22Cl2N2O2. The molecule has 1 amide bonds. The number of hydrazone groups is 1. The quantitative estimate of drug-likeness (QED) is 0.337. The molecule has 2 aromatic carbocycles. The topological polar surface area (TPSA) is 50.7 Å². The minimum Gasteiger partial charge on any atom is -0.494 e. The second-order valence-electron chi connectivity index (χ2n) is 5.78. The van der Waals surface area contributed by atoms with Gasteiger partial charge in [0, 0.05) is 11.1 Å². The van der Waals surface area contributed by atoms with Crippen LogP contribution in [0.3, 0.4) is 0 Å². The van der Waals surface area contributed by atoms with Crippen molar-refractivity contribution >= 4 is 35.3 Å².